The van der Waals surface area contributed by atoms with Crippen molar-refractivity contribution in [1.82, 2.24) is 24.8 Å². The molecule has 3 aromatic heterocycles. The van der Waals surface area contributed by atoms with E-state index in [9.17, 15) is 14.7 Å². The van der Waals surface area contributed by atoms with E-state index < -0.39 is 5.97 Å². The summed E-state index contributed by atoms with van der Waals surface area (Å²) in [6.07, 6.45) is 1.64. The summed E-state index contributed by atoms with van der Waals surface area (Å²) in [6, 6.07) is 29.8. The number of aryl methyl sites for hydroxylation is 1. The molecule has 3 aromatic carbocycles. The lowest BCUT2D eigenvalue weighted by Gasteiger charge is -2.12. The van der Waals surface area contributed by atoms with Crippen LogP contribution in [0.2, 0.25) is 0 Å². The molecule has 0 unspecified atom stereocenters. The van der Waals surface area contributed by atoms with E-state index in [0.717, 1.165) is 22.5 Å². The van der Waals surface area contributed by atoms with Gasteiger partial charge in [0.25, 0.3) is 5.91 Å². The molecule has 6 aromatic rings. The van der Waals surface area contributed by atoms with Crippen molar-refractivity contribution in [2.45, 2.75) is 13.5 Å². The van der Waals surface area contributed by atoms with Crippen LogP contribution >= 0.6 is 0 Å². The highest BCUT2D eigenvalue weighted by atomic mass is 16.4. The number of nitrogen functional groups attached to an aromatic ring is 1. The summed E-state index contributed by atoms with van der Waals surface area (Å²) in [5.74, 6) is -0.323. The molecule has 42 heavy (non-hydrogen) atoms. The van der Waals surface area contributed by atoms with Gasteiger partial charge in [0.15, 0.2) is 11.5 Å². The summed E-state index contributed by atoms with van der Waals surface area (Å²) in [4.78, 5) is 38.1. The molecule has 0 aliphatic rings. The van der Waals surface area contributed by atoms with Gasteiger partial charge in [0.2, 0.25) is 0 Å². The number of nitrogens with one attached hydrogen (secondary N) is 1. The smallest absolute Gasteiger partial charge is 0.335 e. The minimum absolute atomic E-state index is 0.143. The number of nitrogens with zero attached hydrogens (tertiary/aromatic N) is 4. The lowest BCUT2D eigenvalue weighted by molar-refractivity contribution is 0.0696. The van der Waals surface area contributed by atoms with E-state index >= 15 is 0 Å². The predicted octanol–water partition coefficient (Wildman–Crippen LogP) is 5.67. The number of fused-ring (bicyclic) bond motifs is 1. The van der Waals surface area contributed by atoms with Gasteiger partial charge in [-0.15, -0.1) is 0 Å². The van der Waals surface area contributed by atoms with Crippen LogP contribution in [0.4, 0.5) is 5.82 Å². The number of benzene rings is 3. The largest absolute Gasteiger partial charge is 0.478 e. The van der Waals surface area contributed by atoms with Crippen LogP contribution < -0.4 is 11.1 Å². The number of imidazole rings is 1. The Hall–Kier alpha value is -5.83. The van der Waals surface area contributed by atoms with Crippen molar-refractivity contribution < 1.29 is 14.7 Å². The van der Waals surface area contributed by atoms with Crippen molar-refractivity contribution in [2.75, 3.05) is 5.73 Å². The summed E-state index contributed by atoms with van der Waals surface area (Å²) in [5.41, 5.74) is 13.0. The van der Waals surface area contributed by atoms with Crippen molar-refractivity contribution in [3.05, 3.63) is 126 Å². The molecule has 206 valence electrons. The molecule has 9 heteroatoms. The van der Waals surface area contributed by atoms with E-state index in [-0.39, 0.29) is 11.5 Å². The van der Waals surface area contributed by atoms with Crippen molar-refractivity contribution in [2.24, 2.45) is 0 Å². The Balaban J connectivity index is 1.33. The van der Waals surface area contributed by atoms with Crippen LogP contribution in [0.15, 0.2) is 103 Å². The van der Waals surface area contributed by atoms with Crippen LogP contribution in [0.1, 0.15) is 31.8 Å². The highest BCUT2D eigenvalue weighted by Crippen LogP contribution is 2.31. The highest BCUT2D eigenvalue weighted by Gasteiger charge is 2.19. The van der Waals surface area contributed by atoms with Crippen molar-refractivity contribution in [3.63, 3.8) is 0 Å². The number of carbonyl (C=O) groups excluding carboxylic acids is 1. The second kappa shape index (κ2) is 11.0. The van der Waals surface area contributed by atoms with Crippen LogP contribution in [-0.4, -0.2) is 36.5 Å². The normalized spacial score (nSPS) is 11.0. The van der Waals surface area contributed by atoms with Gasteiger partial charge in [0.1, 0.15) is 11.3 Å². The fourth-order valence-electron chi connectivity index (χ4n) is 4.85. The number of nitrogens with two attached hydrogens (primary N) is 1. The lowest BCUT2D eigenvalue weighted by atomic mass is 10.0. The predicted molar refractivity (Wildman–Crippen MR) is 161 cm³/mol. The molecule has 0 bridgehead atoms. The zero-order chi connectivity index (χ0) is 29.2. The van der Waals surface area contributed by atoms with Gasteiger partial charge in [-0.3, -0.25) is 9.36 Å². The summed E-state index contributed by atoms with van der Waals surface area (Å²) >= 11 is 0. The van der Waals surface area contributed by atoms with Crippen LogP contribution in [0.25, 0.3) is 39.5 Å². The Morgan fingerprint density at radius 2 is 1.69 bits per heavy atom. The first kappa shape index (κ1) is 26.4. The summed E-state index contributed by atoms with van der Waals surface area (Å²) in [5, 5.41) is 12.1. The maximum atomic E-state index is 12.8. The molecule has 0 aliphatic carbocycles. The van der Waals surface area contributed by atoms with Gasteiger partial charge >= 0.3 is 5.97 Å². The molecule has 1 amide bonds. The van der Waals surface area contributed by atoms with E-state index in [1.165, 1.54) is 18.2 Å². The third-order valence-electron chi connectivity index (χ3n) is 7.02. The Bertz CT molecular complexity index is 1950. The van der Waals surface area contributed by atoms with Gasteiger partial charge in [0, 0.05) is 29.6 Å². The summed E-state index contributed by atoms with van der Waals surface area (Å²) < 4.78 is 1.96. The van der Waals surface area contributed by atoms with E-state index in [1.807, 2.05) is 83.4 Å². The number of anilines is 1. The number of amides is 1. The second-order valence-corrected chi connectivity index (χ2v) is 9.80. The summed E-state index contributed by atoms with van der Waals surface area (Å²) in [7, 11) is 0. The van der Waals surface area contributed by atoms with E-state index in [1.54, 1.807) is 13.1 Å². The molecule has 0 radical (unpaired) electrons. The van der Waals surface area contributed by atoms with Gasteiger partial charge in [0.05, 0.1) is 16.8 Å². The number of carboxylic acids is 1. The number of aromatic carboxylic acids is 1. The van der Waals surface area contributed by atoms with Gasteiger partial charge in [-0.25, -0.2) is 19.7 Å². The van der Waals surface area contributed by atoms with E-state index in [2.05, 4.69) is 10.3 Å². The third kappa shape index (κ3) is 5.06. The first-order valence-electron chi connectivity index (χ1n) is 13.3. The maximum Gasteiger partial charge on any atom is 0.335 e. The average Bonchev–Trinajstić information content (AvgIpc) is 3.39. The Morgan fingerprint density at radius 3 is 2.40 bits per heavy atom. The second-order valence-electron chi connectivity index (χ2n) is 9.80. The molecule has 0 fully saturated rings. The standard InChI is InChI=1S/C33H26N6O3/c1-20-18-23(33(41)42)11-14-25(20)32(40)36-19-21-9-12-24(13-10-21)39-30(26-8-5-17-35-29(26)34)38-28-16-15-27(37-31(28)39)22-6-3-2-4-7-22/h2-18H,19H2,1H3,(H2,34,35)(H,36,40)(H,41,42). The van der Waals surface area contributed by atoms with E-state index in [0.29, 0.717) is 46.0 Å². The number of hydrogen-bond donors (Lipinski definition) is 3. The first-order valence-corrected chi connectivity index (χ1v) is 13.3. The molecule has 0 saturated heterocycles. The molecular formula is C33H26N6O3. The zero-order valence-corrected chi connectivity index (χ0v) is 22.7. The molecular weight excluding hydrogens is 528 g/mol. The minimum atomic E-state index is -1.03. The number of pyridine rings is 2. The SMILES string of the molecule is Cc1cc(C(=O)O)ccc1C(=O)NCc1ccc(-n2c(-c3cccnc3N)nc3ccc(-c4ccccc4)nc32)cc1. The van der Waals surface area contributed by atoms with Crippen molar-refractivity contribution in [1.29, 1.82) is 0 Å². The Morgan fingerprint density at radius 1 is 0.905 bits per heavy atom. The number of rotatable bonds is 7. The molecule has 0 aliphatic heterocycles. The van der Waals surface area contributed by atoms with Crippen LogP contribution in [0.5, 0.6) is 0 Å². The lowest BCUT2D eigenvalue weighted by Crippen LogP contribution is -2.23. The summed E-state index contributed by atoms with van der Waals surface area (Å²) in [6.45, 7) is 2.01. The van der Waals surface area contributed by atoms with Crippen molar-refractivity contribution in [3.8, 4) is 28.3 Å². The van der Waals surface area contributed by atoms with Gasteiger partial charge < -0.3 is 16.2 Å². The van der Waals surface area contributed by atoms with Gasteiger partial charge in [-0.05, 0) is 72.6 Å². The third-order valence-corrected chi connectivity index (χ3v) is 7.02. The van der Waals surface area contributed by atoms with Crippen LogP contribution in [-0.2, 0) is 6.54 Å². The quantitative estimate of drug-likeness (QED) is 0.231. The number of hydrogen-bond acceptors (Lipinski definition) is 6. The Labute approximate surface area is 241 Å². The molecule has 0 atom stereocenters. The van der Waals surface area contributed by atoms with Gasteiger partial charge in [-0.2, -0.15) is 0 Å². The minimum Gasteiger partial charge on any atom is -0.478 e. The fourth-order valence-corrected chi connectivity index (χ4v) is 4.85. The van der Waals surface area contributed by atoms with Crippen molar-refractivity contribution >= 4 is 28.9 Å². The van der Waals surface area contributed by atoms with Gasteiger partial charge in [-0.1, -0.05) is 42.5 Å². The maximum absolute atomic E-state index is 12.8. The number of carbonyl (C=O) groups is 2. The van der Waals surface area contributed by atoms with Crippen LogP contribution in [0, 0.1) is 6.92 Å². The van der Waals surface area contributed by atoms with Crippen LogP contribution in [0.3, 0.4) is 0 Å². The number of carboxylic acid groups (broad SMARTS) is 1. The highest BCUT2D eigenvalue weighted by molar-refractivity contribution is 5.97. The topological polar surface area (TPSA) is 136 Å². The first-order chi connectivity index (χ1) is 20.4. The average molecular weight is 555 g/mol. The molecule has 0 spiro atoms. The monoisotopic (exact) mass is 554 g/mol. The molecule has 4 N–H and O–H groups in total. The molecule has 6 rings (SSSR count). The molecule has 3 heterocycles. The fraction of sp³-hybridized carbons (Fsp3) is 0.0606. The zero-order valence-electron chi connectivity index (χ0n) is 22.7. The molecule has 0 saturated carbocycles. The number of aromatic nitrogens is 4. The molecule has 9 nitrogen and oxygen atoms in total. The van der Waals surface area contributed by atoms with E-state index in [4.69, 9.17) is 15.7 Å². The Kier molecular flexibility index (Phi) is 6.90.